The van der Waals surface area contributed by atoms with Gasteiger partial charge in [-0.05, 0) is 45.0 Å². The van der Waals surface area contributed by atoms with Gasteiger partial charge in [0.15, 0.2) is 11.6 Å². The van der Waals surface area contributed by atoms with Gasteiger partial charge in [-0.3, -0.25) is 4.79 Å². The van der Waals surface area contributed by atoms with Gasteiger partial charge in [0.2, 0.25) is 5.95 Å². The van der Waals surface area contributed by atoms with E-state index < -0.39 is 11.6 Å². The van der Waals surface area contributed by atoms with Crippen molar-refractivity contribution >= 4 is 28.7 Å². The molecule has 0 aliphatic carbocycles. The normalized spacial score (nSPS) is 14.0. The van der Waals surface area contributed by atoms with Gasteiger partial charge in [0.05, 0.1) is 17.3 Å². The van der Waals surface area contributed by atoms with E-state index in [2.05, 4.69) is 30.6 Å². The standard InChI is InChI=1S/C25H26F2N8O/c1-14(2)35-15(3)31-23-18(26)10-17(11-20(23)35)22-19(27)13-30-25(33-22)32-21-5-4-16(12-29-21)24(36)34-8-6-28-7-9-34/h4-5,10-14,28H,6-9H2,1-3H3,(H,29,30,32,33). The highest BCUT2D eigenvalue weighted by Gasteiger charge is 2.20. The summed E-state index contributed by atoms with van der Waals surface area (Å²) in [5.41, 5.74) is 1.50. The van der Waals surface area contributed by atoms with Crippen LogP contribution < -0.4 is 10.6 Å². The molecular weight excluding hydrogens is 466 g/mol. The van der Waals surface area contributed by atoms with Crippen molar-refractivity contribution in [3.63, 3.8) is 0 Å². The lowest BCUT2D eigenvalue weighted by atomic mass is 10.1. The zero-order valence-electron chi connectivity index (χ0n) is 20.2. The van der Waals surface area contributed by atoms with Gasteiger partial charge in [-0.2, -0.15) is 0 Å². The SMILES string of the molecule is Cc1nc2c(F)cc(-c3nc(Nc4ccc(C(=O)N5CCNCC5)cn4)ncc3F)cc2n1C(C)C. The number of imidazole rings is 1. The molecule has 5 rings (SSSR count). The molecule has 0 unspecified atom stereocenters. The number of halogens is 2. The molecule has 9 nitrogen and oxygen atoms in total. The van der Waals surface area contributed by atoms with Crippen LogP contribution in [0.4, 0.5) is 20.5 Å². The highest BCUT2D eigenvalue weighted by molar-refractivity contribution is 5.94. The number of hydrogen-bond acceptors (Lipinski definition) is 7. The predicted octanol–water partition coefficient (Wildman–Crippen LogP) is 3.84. The molecule has 0 atom stereocenters. The van der Waals surface area contributed by atoms with Gasteiger partial charge in [0.1, 0.15) is 22.9 Å². The third kappa shape index (κ3) is 4.49. The first-order chi connectivity index (χ1) is 17.3. The van der Waals surface area contributed by atoms with Crippen LogP contribution in [0, 0.1) is 18.6 Å². The molecule has 1 saturated heterocycles. The molecular formula is C25H26F2N8O. The summed E-state index contributed by atoms with van der Waals surface area (Å²) in [5, 5.41) is 6.14. The first-order valence-electron chi connectivity index (χ1n) is 11.8. The molecule has 36 heavy (non-hydrogen) atoms. The summed E-state index contributed by atoms with van der Waals surface area (Å²) in [6.07, 6.45) is 2.51. The van der Waals surface area contributed by atoms with E-state index in [1.165, 1.54) is 12.3 Å². The van der Waals surface area contributed by atoms with Crippen LogP contribution in [-0.4, -0.2) is 61.5 Å². The minimum absolute atomic E-state index is 0.0460. The number of piperazine rings is 1. The van der Waals surface area contributed by atoms with Crippen molar-refractivity contribution in [1.29, 1.82) is 0 Å². The maximum Gasteiger partial charge on any atom is 0.255 e. The third-order valence-corrected chi connectivity index (χ3v) is 6.11. The van der Waals surface area contributed by atoms with Crippen molar-refractivity contribution in [2.45, 2.75) is 26.8 Å². The van der Waals surface area contributed by atoms with Gasteiger partial charge in [0.25, 0.3) is 5.91 Å². The number of aromatic nitrogens is 5. The summed E-state index contributed by atoms with van der Waals surface area (Å²) in [6.45, 7) is 8.58. The summed E-state index contributed by atoms with van der Waals surface area (Å²) in [6, 6.07) is 6.26. The summed E-state index contributed by atoms with van der Waals surface area (Å²) in [4.78, 5) is 31.3. The first kappa shape index (κ1) is 23.7. The largest absolute Gasteiger partial charge is 0.336 e. The van der Waals surface area contributed by atoms with Crippen molar-refractivity contribution in [3.05, 3.63) is 59.7 Å². The lowest BCUT2D eigenvalue weighted by Gasteiger charge is -2.27. The number of benzene rings is 1. The molecule has 0 radical (unpaired) electrons. The number of hydrogen-bond donors (Lipinski definition) is 2. The molecule has 1 aliphatic rings. The Morgan fingerprint density at radius 2 is 1.83 bits per heavy atom. The van der Waals surface area contributed by atoms with E-state index in [9.17, 15) is 13.6 Å². The van der Waals surface area contributed by atoms with Crippen molar-refractivity contribution in [1.82, 2.24) is 34.7 Å². The maximum absolute atomic E-state index is 14.9. The lowest BCUT2D eigenvalue weighted by Crippen LogP contribution is -2.46. The molecule has 0 saturated carbocycles. The van der Waals surface area contributed by atoms with Crippen LogP contribution >= 0.6 is 0 Å². The van der Waals surface area contributed by atoms with E-state index in [0.29, 0.717) is 35.8 Å². The minimum Gasteiger partial charge on any atom is -0.336 e. The van der Waals surface area contributed by atoms with Gasteiger partial charge in [-0.25, -0.2) is 28.7 Å². The minimum atomic E-state index is -0.684. The Morgan fingerprint density at radius 1 is 1.06 bits per heavy atom. The van der Waals surface area contributed by atoms with E-state index in [-0.39, 0.29) is 34.7 Å². The molecule has 0 spiro atoms. The fraction of sp³-hybridized carbons (Fsp3) is 0.320. The predicted molar refractivity (Wildman–Crippen MR) is 132 cm³/mol. The Kier molecular flexibility index (Phi) is 6.31. The average molecular weight is 493 g/mol. The average Bonchev–Trinajstić information content (AvgIpc) is 3.22. The molecule has 4 aromatic rings. The van der Waals surface area contributed by atoms with E-state index >= 15 is 0 Å². The Hall–Kier alpha value is -3.99. The molecule has 1 aromatic carbocycles. The molecule has 2 N–H and O–H groups in total. The fourth-order valence-electron chi connectivity index (χ4n) is 4.45. The molecule has 1 fully saturated rings. The Labute approximate surface area is 206 Å². The number of carbonyl (C=O) groups is 1. The number of fused-ring (bicyclic) bond motifs is 1. The fourth-order valence-corrected chi connectivity index (χ4v) is 4.45. The highest BCUT2D eigenvalue weighted by atomic mass is 19.1. The second kappa shape index (κ2) is 9.57. The molecule has 1 aliphatic heterocycles. The van der Waals surface area contributed by atoms with Crippen molar-refractivity contribution in [3.8, 4) is 11.3 Å². The summed E-state index contributed by atoms with van der Waals surface area (Å²) in [7, 11) is 0. The number of anilines is 2. The van der Waals surface area contributed by atoms with E-state index in [0.717, 1.165) is 19.3 Å². The second-order valence-corrected chi connectivity index (χ2v) is 8.94. The monoisotopic (exact) mass is 492 g/mol. The summed E-state index contributed by atoms with van der Waals surface area (Å²) >= 11 is 0. The number of nitrogens with one attached hydrogen (secondary N) is 2. The van der Waals surface area contributed by atoms with Crippen LogP contribution in [0.25, 0.3) is 22.3 Å². The van der Waals surface area contributed by atoms with Crippen LogP contribution in [0.15, 0.2) is 36.7 Å². The van der Waals surface area contributed by atoms with Crippen molar-refractivity contribution in [2.24, 2.45) is 0 Å². The number of rotatable bonds is 5. The van der Waals surface area contributed by atoms with Gasteiger partial charge in [-0.1, -0.05) is 0 Å². The highest BCUT2D eigenvalue weighted by Crippen LogP contribution is 2.30. The Morgan fingerprint density at radius 3 is 2.53 bits per heavy atom. The molecule has 186 valence electrons. The third-order valence-electron chi connectivity index (χ3n) is 6.11. The smallest absolute Gasteiger partial charge is 0.255 e. The first-order valence-corrected chi connectivity index (χ1v) is 11.8. The van der Waals surface area contributed by atoms with E-state index in [1.54, 1.807) is 23.1 Å². The van der Waals surface area contributed by atoms with Gasteiger partial charge < -0.3 is 20.1 Å². The topological polar surface area (TPSA) is 101 Å². The Bertz CT molecular complexity index is 1430. The number of pyridine rings is 1. The molecule has 1 amide bonds. The molecule has 11 heteroatoms. The van der Waals surface area contributed by atoms with Crippen LogP contribution in [0.5, 0.6) is 0 Å². The van der Waals surface area contributed by atoms with Crippen LogP contribution in [0.1, 0.15) is 36.1 Å². The summed E-state index contributed by atoms with van der Waals surface area (Å²) < 4.78 is 31.5. The number of carbonyl (C=O) groups excluding carboxylic acids is 1. The lowest BCUT2D eigenvalue weighted by molar-refractivity contribution is 0.0735. The number of aryl methyl sites for hydroxylation is 1. The van der Waals surface area contributed by atoms with Gasteiger partial charge in [-0.15, -0.1) is 0 Å². The van der Waals surface area contributed by atoms with E-state index in [4.69, 9.17) is 0 Å². The van der Waals surface area contributed by atoms with Gasteiger partial charge in [0, 0.05) is 44.0 Å². The zero-order chi connectivity index (χ0) is 25.4. The molecule has 0 bridgehead atoms. The van der Waals surface area contributed by atoms with Crippen LogP contribution in [0.2, 0.25) is 0 Å². The molecule has 3 aromatic heterocycles. The quantitative estimate of drug-likeness (QED) is 0.437. The number of nitrogens with zero attached hydrogens (tertiary/aromatic N) is 6. The van der Waals surface area contributed by atoms with E-state index in [1.807, 2.05) is 25.3 Å². The van der Waals surface area contributed by atoms with Gasteiger partial charge >= 0.3 is 0 Å². The Balaban J connectivity index is 1.42. The maximum atomic E-state index is 14.9. The zero-order valence-corrected chi connectivity index (χ0v) is 20.2. The van der Waals surface area contributed by atoms with Crippen LogP contribution in [-0.2, 0) is 0 Å². The molecule has 4 heterocycles. The summed E-state index contributed by atoms with van der Waals surface area (Å²) in [5.74, 6) is -0.162. The van der Waals surface area contributed by atoms with Crippen molar-refractivity contribution < 1.29 is 13.6 Å². The van der Waals surface area contributed by atoms with Crippen molar-refractivity contribution in [2.75, 3.05) is 31.5 Å². The number of amides is 1. The second-order valence-electron chi connectivity index (χ2n) is 8.94. The van der Waals surface area contributed by atoms with Crippen LogP contribution in [0.3, 0.4) is 0 Å².